The monoisotopic (exact) mass is 194 g/mol. The summed E-state index contributed by atoms with van der Waals surface area (Å²) in [6.45, 7) is 0.568. The molecule has 14 heavy (non-hydrogen) atoms. The number of aliphatic hydroxyl groups is 1. The van der Waals surface area contributed by atoms with Gasteiger partial charge in [-0.15, -0.1) is 0 Å². The van der Waals surface area contributed by atoms with Crippen LogP contribution in [0.15, 0.2) is 30.3 Å². The lowest BCUT2D eigenvalue weighted by Crippen LogP contribution is -2.33. The molecule has 76 valence electrons. The van der Waals surface area contributed by atoms with Crippen LogP contribution < -0.4 is 0 Å². The Labute approximate surface area is 83.3 Å². The third kappa shape index (κ3) is 2.54. The Kier molecular flexibility index (Phi) is 3.14. The molecule has 1 N–H and O–H groups in total. The number of benzene rings is 1. The summed E-state index contributed by atoms with van der Waals surface area (Å²) >= 11 is 0. The Morgan fingerprint density at radius 1 is 1.29 bits per heavy atom. The molecule has 1 fully saturated rings. The van der Waals surface area contributed by atoms with Crippen LogP contribution in [0.25, 0.3) is 0 Å². The van der Waals surface area contributed by atoms with Crippen molar-refractivity contribution in [1.29, 1.82) is 0 Å². The van der Waals surface area contributed by atoms with Gasteiger partial charge in [0, 0.05) is 12.8 Å². The third-order valence-corrected chi connectivity index (χ3v) is 2.22. The van der Waals surface area contributed by atoms with Crippen molar-refractivity contribution >= 4 is 0 Å². The Morgan fingerprint density at radius 2 is 2.07 bits per heavy atom. The molecule has 2 atom stereocenters. The van der Waals surface area contributed by atoms with E-state index in [1.54, 1.807) is 0 Å². The van der Waals surface area contributed by atoms with Crippen molar-refractivity contribution in [3.8, 4) is 0 Å². The van der Waals surface area contributed by atoms with E-state index in [2.05, 4.69) is 0 Å². The van der Waals surface area contributed by atoms with E-state index in [-0.39, 0.29) is 6.29 Å². The van der Waals surface area contributed by atoms with Gasteiger partial charge in [-0.1, -0.05) is 30.3 Å². The number of hydrogen-bond acceptors (Lipinski definition) is 3. The summed E-state index contributed by atoms with van der Waals surface area (Å²) < 4.78 is 10.6. The van der Waals surface area contributed by atoms with Crippen molar-refractivity contribution in [3.63, 3.8) is 0 Å². The van der Waals surface area contributed by atoms with Crippen LogP contribution >= 0.6 is 0 Å². The zero-order chi connectivity index (χ0) is 9.80. The summed E-state index contributed by atoms with van der Waals surface area (Å²) in [7, 11) is 0. The van der Waals surface area contributed by atoms with E-state index in [0.717, 1.165) is 5.56 Å². The minimum Gasteiger partial charge on any atom is -0.368 e. The van der Waals surface area contributed by atoms with Crippen molar-refractivity contribution in [2.24, 2.45) is 0 Å². The molecule has 1 heterocycles. The van der Waals surface area contributed by atoms with Crippen molar-refractivity contribution in [1.82, 2.24) is 0 Å². The molecule has 0 bridgehead atoms. The fraction of sp³-hybridized carbons (Fsp3) is 0.455. The molecular formula is C11H14O3. The van der Waals surface area contributed by atoms with Crippen LogP contribution in [0.3, 0.4) is 0 Å². The fourth-order valence-corrected chi connectivity index (χ4v) is 1.50. The first kappa shape index (κ1) is 9.65. The molecule has 0 aromatic heterocycles. The maximum absolute atomic E-state index is 9.26. The van der Waals surface area contributed by atoms with E-state index in [1.165, 1.54) is 0 Å². The highest BCUT2D eigenvalue weighted by molar-refractivity contribution is 5.15. The molecule has 1 aliphatic heterocycles. The molecule has 3 nitrogen and oxygen atoms in total. The van der Waals surface area contributed by atoms with Gasteiger partial charge in [0.25, 0.3) is 0 Å². The Morgan fingerprint density at radius 3 is 2.79 bits per heavy atom. The quantitative estimate of drug-likeness (QED) is 0.771. The topological polar surface area (TPSA) is 38.7 Å². The number of hydrogen-bond donors (Lipinski definition) is 1. The second-order valence-electron chi connectivity index (χ2n) is 3.37. The SMILES string of the molecule is OC1CCOC(Cc2ccccc2)O1. The molecule has 0 spiro atoms. The lowest BCUT2D eigenvalue weighted by atomic mass is 10.1. The van der Waals surface area contributed by atoms with Crippen molar-refractivity contribution in [3.05, 3.63) is 35.9 Å². The van der Waals surface area contributed by atoms with Crippen molar-refractivity contribution in [2.45, 2.75) is 25.4 Å². The molecule has 2 rings (SSSR count). The molecule has 0 saturated carbocycles. The summed E-state index contributed by atoms with van der Waals surface area (Å²) in [5, 5.41) is 9.26. The van der Waals surface area contributed by atoms with E-state index in [0.29, 0.717) is 19.4 Å². The molecule has 0 aliphatic carbocycles. The first-order valence-corrected chi connectivity index (χ1v) is 4.83. The number of rotatable bonds is 2. The third-order valence-electron chi connectivity index (χ3n) is 2.22. The van der Waals surface area contributed by atoms with Crippen LogP contribution in [0.5, 0.6) is 0 Å². The molecule has 1 saturated heterocycles. The van der Waals surface area contributed by atoms with E-state index >= 15 is 0 Å². The summed E-state index contributed by atoms with van der Waals surface area (Å²) in [6.07, 6.45) is 0.280. The molecule has 1 aliphatic rings. The lowest BCUT2D eigenvalue weighted by Gasteiger charge is -2.27. The van der Waals surface area contributed by atoms with Gasteiger partial charge < -0.3 is 14.6 Å². The van der Waals surface area contributed by atoms with E-state index in [4.69, 9.17) is 9.47 Å². The normalized spacial score (nSPS) is 27.5. The first-order valence-electron chi connectivity index (χ1n) is 4.83. The minimum absolute atomic E-state index is 0.304. The van der Waals surface area contributed by atoms with Gasteiger partial charge in [0.1, 0.15) is 0 Å². The van der Waals surface area contributed by atoms with E-state index in [9.17, 15) is 5.11 Å². The van der Waals surface area contributed by atoms with Crippen LogP contribution in [-0.4, -0.2) is 24.3 Å². The highest BCUT2D eigenvalue weighted by Gasteiger charge is 2.20. The van der Waals surface area contributed by atoms with Crippen molar-refractivity contribution in [2.75, 3.05) is 6.61 Å². The van der Waals surface area contributed by atoms with Crippen LogP contribution in [0.1, 0.15) is 12.0 Å². The van der Waals surface area contributed by atoms with Crippen LogP contribution in [0.4, 0.5) is 0 Å². The minimum atomic E-state index is -0.669. The van der Waals surface area contributed by atoms with Gasteiger partial charge in [0.15, 0.2) is 12.6 Å². The lowest BCUT2D eigenvalue weighted by molar-refractivity contribution is -0.268. The predicted molar refractivity (Wildman–Crippen MR) is 51.6 cm³/mol. The second kappa shape index (κ2) is 4.55. The van der Waals surface area contributed by atoms with Gasteiger partial charge in [-0.05, 0) is 5.56 Å². The molecule has 2 unspecified atom stereocenters. The largest absolute Gasteiger partial charge is 0.368 e. The number of aliphatic hydroxyl groups excluding tert-OH is 1. The maximum atomic E-state index is 9.26. The average molecular weight is 194 g/mol. The molecule has 0 radical (unpaired) electrons. The molecule has 1 aromatic rings. The van der Waals surface area contributed by atoms with E-state index in [1.807, 2.05) is 30.3 Å². The second-order valence-corrected chi connectivity index (χ2v) is 3.37. The van der Waals surface area contributed by atoms with Crippen LogP contribution in [-0.2, 0) is 15.9 Å². The smallest absolute Gasteiger partial charge is 0.164 e. The summed E-state index contributed by atoms with van der Waals surface area (Å²) in [5.41, 5.74) is 1.16. The fourth-order valence-electron chi connectivity index (χ4n) is 1.50. The maximum Gasteiger partial charge on any atom is 0.164 e. The average Bonchev–Trinajstić information content (AvgIpc) is 2.19. The molecule has 1 aromatic carbocycles. The highest BCUT2D eigenvalue weighted by Crippen LogP contribution is 2.14. The summed E-state index contributed by atoms with van der Waals surface area (Å²) in [4.78, 5) is 0. The summed E-state index contributed by atoms with van der Waals surface area (Å²) in [6, 6.07) is 9.98. The standard InChI is InChI=1S/C11H14O3/c12-10-6-7-13-11(14-10)8-9-4-2-1-3-5-9/h1-5,10-12H,6-8H2. The Balaban J connectivity index is 1.91. The van der Waals surface area contributed by atoms with Gasteiger partial charge in [0.2, 0.25) is 0 Å². The van der Waals surface area contributed by atoms with Gasteiger partial charge in [-0.2, -0.15) is 0 Å². The van der Waals surface area contributed by atoms with E-state index < -0.39 is 6.29 Å². The van der Waals surface area contributed by atoms with Crippen molar-refractivity contribution < 1.29 is 14.6 Å². The Hall–Kier alpha value is -0.900. The van der Waals surface area contributed by atoms with Crippen LogP contribution in [0.2, 0.25) is 0 Å². The first-order chi connectivity index (χ1) is 6.84. The molecule has 0 amide bonds. The van der Waals surface area contributed by atoms with Gasteiger partial charge in [0.05, 0.1) is 6.61 Å². The molecular weight excluding hydrogens is 180 g/mol. The predicted octanol–water partition coefficient (Wildman–Crippen LogP) is 1.31. The zero-order valence-electron chi connectivity index (χ0n) is 7.93. The Bertz CT molecular complexity index is 273. The zero-order valence-corrected chi connectivity index (χ0v) is 7.93. The summed E-state index contributed by atoms with van der Waals surface area (Å²) in [5.74, 6) is 0. The highest BCUT2D eigenvalue weighted by atomic mass is 16.7. The van der Waals surface area contributed by atoms with Gasteiger partial charge >= 0.3 is 0 Å². The number of ether oxygens (including phenoxy) is 2. The van der Waals surface area contributed by atoms with Crippen LogP contribution in [0, 0.1) is 0 Å². The van der Waals surface area contributed by atoms with Gasteiger partial charge in [-0.3, -0.25) is 0 Å². The molecule has 3 heteroatoms. The van der Waals surface area contributed by atoms with Gasteiger partial charge in [-0.25, -0.2) is 0 Å².